The lowest BCUT2D eigenvalue weighted by Crippen LogP contribution is -2.45. The minimum absolute atomic E-state index is 0.0835. The summed E-state index contributed by atoms with van der Waals surface area (Å²) in [6.07, 6.45) is 1.48. The van der Waals surface area contributed by atoms with E-state index in [4.69, 9.17) is 4.74 Å². The Labute approximate surface area is 92.0 Å². The number of hydrogen-bond acceptors (Lipinski definition) is 3. The molecule has 1 N–H and O–H groups in total. The minimum atomic E-state index is -0.486. The zero-order valence-electron chi connectivity index (χ0n) is 9.99. The van der Waals surface area contributed by atoms with Crippen molar-refractivity contribution in [1.29, 1.82) is 0 Å². The van der Waals surface area contributed by atoms with E-state index in [1.165, 1.54) is 0 Å². The van der Waals surface area contributed by atoms with E-state index in [9.17, 15) is 9.90 Å². The van der Waals surface area contributed by atoms with E-state index in [2.05, 4.69) is 0 Å². The molecule has 1 saturated heterocycles. The van der Waals surface area contributed by atoms with Gasteiger partial charge in [0.1, 0.15) is 13.4 Å². The summed E-state index contributed by atoms with van der Waals surface area (Å²) in [6, 6.07) is -0.570. The molecule has 86 valence electrons. The molecular formula is C10H20BNO3. The Morgan fingerprint density at radius 3 is 2.67 bits per heavy atom. The van der Waals surface area contributed by atoms with Crippen molar-refractivity contribution in [3.05, 3.63) is 0 Å². The van der Waals surface area contributed by atoms with Crippen LogP contribution in [0, 0.1) is 0 Å². The lowest BCUT2D eigenvalue weighted by atomic mass is 9.91. The summed E-state index contributed by atoms with van der Waals surface area (Å²) in [6.45, 7) is 6.22. The van der Waals surface area contributed by atoms with Gasteiger partial charge in [0.05, 0.1) is 6.04 Å². The fourth-order valence-electron chi connectivity index (χ4n) is 1.84. The molecule has 0 aliphatic carbocycles. The molecule has 1 aliphatic heterocycles. The Kier molecular flexibility index (Phi) is 3.65. The Hall–Kier alpha value is -0.705. The van der Waals surface area contributed by atoms with Gasteiger partial charge in [-0.05, 0) is 33.6 Å². The molecule has 0 aromatic rings. The van der Waals surface area contributed by atoms with Crippen LogP contribution < -0.4 is 0 Å². The van der Waals surface area contributed by atoms with Crippen molar-refractivity contribution in [2.75, 3.05) is 6.54 Å². The van der Waals surface area contributed by atoms with Gasteiger partial charge < -0.3 is 14.7 Å². The van der Waals surface area contributed by atoms with Gasteiger partial charge in [0, 0.05) is 12.5 Å². The molecule has 1 unspecified atom stereocenters. The van der Waals surface area contributed by atoms with E-state index < -0.39 is 11.6 Å². The highest BCUT2D eigenvalue weighted by Gasteiger charge is 2.34. The molecule has 5 heteroatoms. The predicted octanol–water partition coefficient (Wildman–Crippen LogP) is 0.337. The Morgan fingerprint density at radius 2 is 2.20 bits per heavy atom. The number of rotatable bonds is 1. The molecule has 1 fully saturated rings. The molecule has 4 nitrogen and oxygen atoms in total. The number of hydrogen-bond donors (Lipinski definition) is 1. The standard InChI is InChI=1S/C10H20BNO3/c1-10(2,3)15-9(14)12-6-4-5-7(12)8(11)13/h7-8,13H,4-6,11H2,1-3H3/t7-,8?/m0/s1. The molecule has 1 rings (SSSR count). The first-order valence-electron chi connectivity index (χ1n) is 5.49. The monoisotopic (exact) mass is 213 g/mol. The fraction of sp³-hybridized carbons (Fsp3) is 0.900. The van der Waals surface area contributed by atoms with Crippen LogP contribution in [0.25, 0.3) is 0 Å². The fourth-order valence-corrected chi connectivity index (χ4v) is 1.84. The van der Waals surface area contributed by atoms with Crippen LogP contribution in [0.3, 0.4) is 0 Å². The van der Waals surface area contributed by atoms with Crippen molar-refractivity contribution in [3.8, 4) is 0 Å². The number of likely N-dealkylation sites (tertiary alicyclic amines) is 1. The molecule has 0 radical (unpaired) electrons. The zero-order valence-corrected chi connectivity index (χ0v) is 9.99. The van der Waals surface area contributed by atoms with Crippen molar-refractivity contribution in [2.24, 2.45) is 0 Å². The number of aliphatic hydroxyl groups excluding tert-OH is 1. The van der Waals surface area contributed by atoms with Gasteiger partial charge in [-0.25, -0.2) is 4.79 Å². The predicted molar refractivity (Wildman–Crippen MR) is 60.5 cm³/mol. The average molecular weight is 213 g/mol. The maximum absolute atomic E-state index is 11.8. The van der Waals surface area contributed by atoms with Crippen molar-refractivity contribution >= 4 is 13.9 Å². The number of amides is 1. The van der Waals surface area contributed by atoms with Crippen molar-refractivity contribution in [3.63, 3.8) is 0 Å². The van der Waals surface area contributed by atoms with E-state index in [-0.39, 0.29) is 12.1 Å². The molecule has 0 bridgehead atoms. The first kappa shape index (κ1) is 12.4. The Morgan fingerprint density at radius 1 is 1.60 bits per heavy atom. The summed E-state index contributed by atoms with van der Waals surface area (Å²) < 4.78 is 5.28. The lowest BCUT2D eigenvalue weighted by Gasteiger charge is -2.29. The molecule has 0 aromatic carbocycles. The van der Waals surface area contributed by atoms with Crippen LogP contribution in [-0.4, -0.2) is 48.1 Å². The van der Waals surface area contributed by atoms with E-state index in [0.717, 1.165) is 12.8 Å². The molecule has 0 spiro atoms. The Bertz CT molecular complexity index is 237. The number of nitrogens with zero attached hydrogens (tertiary/aromatic N) is 1. The number of carbonyl (C=O) groups is 1. The van der Waals surface area contributed by atoms with Crippen LogP contribution in [-0.2, 0) is 4.74 Å². The van der Waals surface area contributed by atoms with Crippen molar-refractivity contribution in [2.45, 2.75) is 51.3 Å². The minimum Gasteiger partial charge on any atom is -0.444 e. The molecule has 0 saturated carbocycles. The molecular weight excluding hydrogens is 193 g/mol. The first-order valence-corrected chi connectivity index (χ1v) is 5.49. The van der Waals surface area contributed by atoms with Crippen LogP contribution in [0.5, 0.6) is 0 Å². The van der Waals surface area contributed by atoms with Gasteiger partial charge in [0.15, 0.2) is 0 Å². The third kappa shape index (κ3) is 3.41. The maximum atomic E-state index is 11.8. The van der Waals surface area contributed by atoms with Gasteiger partial charge >= 0.3 is 6.09 Å². The smallest absolute Gasteiger partial charge is 0.410 e. The van der Waals surface area contributed by atoms with Crippen LogP contribution in [0.1, 0.15) is 33.6 Å². The maximum Gasteiger partial charge on any atom is 0.410 e. The van der Waals surface area contributed by atoms with Crippen LogP contribution in [0.4, 0.5) is 4.79 Å². The second-order valence-corrected chi connectivity index (χ2v) is 5.12. The molecule has 1 aliphatic rings. The highest BCUT2D eigenvalue weighted by Crippen LogP contribution is 2.22. The van der Waals surface area contributed by atoms with Crippen molar-refractivity contribution < 1.29 is 14.6 Å². The molecule has 0 aromatic heterocycles. The van der Waals surface area contributed by atoms with E-state index in [1.54, 1.807) is 12.7 Å². The van der Waals surface area contributed by atoms with E-state index >= 15 is 0 Å². The van der Waals surface area contributed by atoms with E-state index in [0.29, 0.717) is 6.54 Å². The highest BCUT2D eigenvalue weighted by molar-refractivity contribution is 6.11. The van der Waals surface area contributed by atoms with Gasteiger partial charge in [0.25, 0.3) is 0 Å². The zero-order chi connectivity index (χ0) is 11.6. The quantitative estimate of drug-likeness (QED) is 0.639. The topological polar surface area (TPSA) is 49.8 Å². The summed E-state index contributed by atoms with van der Waals surface area (Å²) >= 11 is 0. The summed E-state index contributed by atoms with van der Waals surface area (Å²) in [5, 5.41) is 9.52. The average Bonchev–Trinajstić information content (AvgIpc) is 2.47. The molecule has 2 atom stereocenters. The van der Waals surface area contributed by atoms with Crippen LogP contribution in [0.15, 0.2) is 0 Å². The summed E-state index contributed by atoms with van der Waals surface area (Å²) in [7, 11) is 1.72. The van der Waals surface area contributed by atoms with E-state index in [1.807, 2.05) is 20.8 Å². The third-order valence-corrected chi connectivity index (χ3v) is 2.48. The van der Waals surface area contributed by atoms with Crippen LogP contribution >= 0.6 is 0 Å². The lowest BCUT2D eigenvalue weighted by molar-refractivity contribution is 0.0144. The van der Waals surface area contributed by atoms with Gasteiger partial charge in [-0.15, -0.1) is 0 Å². The largest absolute Gasteiger partial charge is 0.444 e. The normalized spacial score (nSPS) is 24.0. The second-order valence-electron chi connectivity index (χ2n) is 5.12. The molecule has 15 heavy (non-hydrogen) atoms. The van der Waals surface area contributed by atoms with Gasteiger partial charge in [0.2, 0.25) is 0 Å². The van der Waals surface area contributed by atoms with Gasteiger partial charge in [-0.1, -0.05) is 0 Å². The first-order chi connectivity index (χ1) is 6.81. The summed E-state index contributed by atoms with van der Waals surface area (Å²) in [5.74, 6) is 0. The van der Waals surface area contributed by atoms with Crippen molar-refractivity contribution in [1.82, 2.24) is 4.90 Å². The Balaban J connectivity index is 2.59. The number of aliphatic hydroxyl groups is 1. The molecule has 1 amide bonds. The SMILES string of the molecule is BC(O)[C@@H]1CCCN1C(=O)OC(C)(C)C. The third-order valence-electron chi connectivity index (χ3n) is 2.48. The summed E-state index contributed by atoms with van der Waals surface area (Å²) in [5.41, 5.74) is -0.469. The number of ether oxygens (including phenoxy) is 1. The van der Waals surface area contributed by atoms with Gasteiger partial charge in [-0.2, -0.15) is 0 Å². The number of carbonyl (C=O) groups excluding carboxylic acids is 1. The highest BCUT2D eigenvalue weighted by atomic mass is 16.6. The van der Waals surface area contributed by atoms with Gasteiger partial charge in [-0.3, -0.25) is 0 Å². The molecule has 1 heterocycles. The summed E-state index contributed by atoms with van der Waals surface area (Å²) in [4.78, 5) is 13.4. The second kappa shape index (κ2) is 4.43. The van der Waals surface area contributed by atoms with Crippen LogP contribution in [0.2, 0.25) is 0 Å².